The van der Waals surface area contributed by atoms with Gasteiger partial charge in [0, 0.05) is 0 Å². The van der Waals surface area contributed by atoms with Crippen LogP contribution in [0.1, 0.15) is 26.7 Å². The van der Waals surface area contributed by atoms with Crippen LogP contribution in [0.25, 0.3) is 0 Å². The summed E-state index contributed by atoms with van der Waals surface area (Å²) >= 11 is 0. The molecule has 0 bridgehead atoms. The van der Waals surface area contributed by atoms with Gasteiger partial charge in [0.1, 0.15) is 0 Å². The maximum atomic E-state index is 2.51. The summed E-state index contributed by atoms with van der Waals surface area (Å²) in [6.07, 6.45) is 7.75. The van der Waals surface area contributed by atoms with Crippen molar-refractivity contribution in [3.05, 3.63) is 53.6 Å². The van der Waals surface area contributed by atoms with Crippen LogP contribution in [-0.4, -0.2) is 8.07 Å². The van der Waals surface area contributed by atoms with Crippen LogP contribution in [0.2, 0.25) is 17.6 Å². The molecule has 2 aliphatic rings. The van der Waals surface area contributed by atoms with E-state index in [0.29, 0.717) is 0 Å². The van der Waals surface area contributed by atoms with Crippen LogP contribution in [0.15, 0.2) is 53.6 Å². The number of rotatable bonds is 2. The zero-order valence-electron chi connectivity index (χ0n) is 11.4. The van der Waals surface area contributed by atoms with E-state index in [2.05, 4.69) is 56.3 Å². The van der Waals surface area contributed by atoms with Crippen molar-refractivity contribution in [1.82, 2.24) is 0 Å². The molecule has 1 heterocycles. The second-order valence-corrected chi connectivity index (χ2v) is 10.4. The lowest BCUT2D eigenvalue weighted by Gasteiger charge is -2.34. The maximum Gasteiger partial charge on any atom is 0.0974 e. The lowest BCUT2D eigenvalue weighted by Crippen LogP contribution is -2.48. The van der Waals surface area contributed by atoms with Gasteiger partial charge in [-0.25, -0.2) is 0 Å². The molecule has 0 saturated carbocycles. The topological polar surface area (TPSA) is 0 Å². The maximum absolute atomic E-state index is 2.51. The van der Waals surface area contributed by atoms with Crippen molar-refractivity contribution < 1.29 is 0 Å². The second kappa shape index (κ2) is 4.54. The van der Waals surface area contributed by atoms with Crippen LogP contribution < -0.4 is 5.19 Å². The summed E-state index contributed by atoms with van der Waals surface area (Å²) in [6.45, 7) is 4.63. The third-order valence-corrected chi connectivity index (χ3v) is 10.9. The van der Waals surface area contributed by atoms with Gasteiger partial charge in [0.15, 0.2) is 0 Å². The van der Waals surface area contributed by atoms with Gasteiger partial charge in [0.05, 0.1) is 8.07 Å². The molecule has 0 spiro atoms. The summed E-state index contributed by atoms with van der Waals surface area (Å²) in [5.74, 6) is 0. The fourth-order valence-corrected chi connectivity index (χ4v) is 9.86. The van der Waals surface area contributed by atoms with E-state index in [1.165, 1.54) is 30.5 Å². The molecule has 1 fully saturated rings. The number of hydrogen-bond donors (Lipinski definition) is 0. The zero-order chi connectivity index (χ0) is 12.6. The van der Waals surface area contributed by atoms with E-state index in [-0.39, 0.29) is 0 Å². The first-order valence-corrected chi connectivity index (χ1v) is 9.64. The molecule has 0 radical (unpaired) electrons. The van der Waals surface area contributed by atoms with Gasteiger partial charge in [-0.15, -0.1) is 0 Å². The van der Waals surface area contributed by atoms with Crippen molar-refractivity contribution >= 4 is 13.3 Å². The molecule has 1 aliphatic heterocycles. The van der Waals surface area contributed by atoms with Crippen LogP contribution in [0.5, 0.6) is 0 Å². The molecule has 0 nitrogen and oxygen atoms in total. The smallest absolute Gasteiger partial charge is 0.0794 e. The van der Waals surface area contributed by atoms with E-state index >= 15 is 0 Å². The first-order valence-electron chi connectivity index (χ1n) is 7.15. The molecule has 1 atom stereocenters. The Morgan fingerprint density at radius 2 is 1.67 bits per heavy atom. The summed E-state index contributed by atoms with van der Waals surface area (Å²) in [5.41, 5.74) is 3.92. The van der Waals surface area contributed by atoms with Gasteiger partial charge in [-0.3, -0.25) is 0 Å². The van der Waals surface area contributed by atoms with Gasteiger partial charge in [0.25, 0.3) is 0 Å². The van der Waals surface area contributed by atoms with Crippen LogP contribution in [0.3, 0.4) is 0 Å². The van der Waals surface area contributed by atoms with Gasteiger partial charge >= 0.3 is 0 Å². The highest BCUT2D eigenvalue weighted by atomic mass is 28.3. The standard InChI is InChI=1S/C17H22Si/c1-14-10-11-17(15(14)2)18(12-6-7-13-18)16-8-4-3-5-9-16/h3-5,8-11,17H,6-7,12-13H2,1-2H3. The van der Waals surface area contributed by atoms with Crippen LogP contribution in [-0.2, 0) is 0 Å². The highest BCUT2D eigenvalue weighted by Crippen LogP contribution is 2.46. The van der Waals surface area contributed by atoms with E-state index < -0.39 is 8.07 Å². The number of benzene rings is 1. The Morgan fingerprint density at radius 3 is 2.22 bits per heavy atom. The van der Waals surface area contributed by atoms with E-state index in [1.807, 2.05) is 0 Å². The molecular weight excluding hydrogens is 232 g/mol. The van der Waals surface area contributed by atoms with Crippen molar-refractivity contribution in [3.8, 4) is 0 Å². The number of hydrogen-bond acceptors (Lipinski definition) is 0. The highest BCUT2D eigenvalue weighted by Gasteiger charge is 2.45. The molecular formula is C17H22Si. The summed E-state index contributed by atoms with van der Waals surface area (Å²) < 4.78 is 0. The van der Waals surface area contributed by atoms with E-state index in [4.69, 9.17) is 0 Å². The Bertz CT molecular complexity index is 490. The van der Waals surface area contributed by atoms with Gasteiger partial charge in [0.2, 0.25) is 0 Å². The average molecular weight is 254 g/mol. The first-order chi connectivity index (χ1) is 8.74. The fourth-order valence-electron chi connectivity index (χ4n) is 3.92. The molecule has 1 aromatic rings. The summed E-state index contributed by atoms with van der Waals surface area (Å²) in [5, 5.41) is 1.69. The highest BCUT2D eigenvalue weighted by molar-refractivity contribution is 6.94. The molecule has 1 aromatic carbocycles. The Hall–Kier alpha value is -1.08. The minimum atomic E-state index is -1.32. The third kappa shape index (κ3) is 1.73. The monoisotopic (exact) mass is 254 g/mol. The minimum Gasteiger partial charge on any atom is -0.0794 e. The van der Waals surface area contributed by atoms with Gasteiger partial charge in [-0.1, -0.05) is 83.7 Å². The molecule has 94 valence electrons. The normalized spacial score (nSPS) is 26.0. The fraction of sp³-hybridized carbons (Fsp3) is 0.412. The van der Waals surface area contributed by atoms with Crippen molar-refractivity contribution in [2.75, 3.05) is 0 Å². The number of allylic oxidation sites excluding steroid dienone is 4. The molecule has 0 N–H and O–H groups in total. The van der Waals surface area contributed by atoms with Gasteiger partial charge < -0.3 is 0 Å². The Morgan fingerprint density at radius 1 is 1.00 bits per heavy atom. The van der Waals surface area contributed by atoms with E-state index in [1.54, 1.807) is 10.8 Å². The molecule has 1 unspecified atom stereocenters. The second-order valence-electron chi connectivity index (χ2n) is 5.93. The largest absolute Gasteiger partial charge is 0.0974 e. The van der Waals surface area contributed by atoms with Crippen LogP contribution >= 0.6 is 0 Å². The molecule has 0 aromatic heterocycles. The zero-order valence-corrected chi connectivity index (χ0v) is 12.4. The molecule has 0 amide bonds. The summed E-state index contributed by atoms with van der Waals surface area (Å²) in [7, 11) is -1.32. The molecule has 1 aliphatic carbocycles. The van der Waals surface area contributed by atoms with Gasteiger partial charge in [-0.2, -0.15) is 0 Å². The van der Waals surface area contributed by atoms with Crippen molar-refractivity contribution in [2.24, 2.45) is 0 Å². The van der Waals surface area contributed by atoms with E-state index in [9.17, 15) is 0 Å². The molecule has 18 heavy (non-hydrogen) atoms. The average Bonchev–Trinajstić information content (AvgIpc) is 3.01. The Balaban J connectivity index is 2.06. The van der Waals surface area contributed by atoms with Crippen molar-refractivity contribution in [2.45, 2.75) is 44.3 Å². The Kier molecular flexibility index (Phi) is 3.02. The van der Waals surface area contributed by atoms with Gasteiger partial charge in [-0.05, 0) is 19.4 Å². The quantitative estimate of drug-likeness (QED) is 0.686. The SMILES string of the molecule is CC1=C(C)C([Si]2(c3ccccc3)CCCC2)C=C1. The van der Waals surface area contributed by atoms with Crippen molar-refractivity contribution in [1.29, 1.82) is 0 Å². The minimum absolute atomic E-state index is 0.766. The van der Waals surface area contributed by atoms with Crippen LogP contribution in [0, 0.1) is 0 Å². The van der Waals surface area contributed by atoms with E-state index in [0.717, 1.165) is 5.54 Å². The molecule has 3 rings (SSSR count). The van der Waals surface area contributed by atoms with Crippen LogP contribution in [0.4, 0.5) is 0 Å². The lowest BCUT2D eigenvalue weighted by molar-refractivity contribution is 0.935. The first kappa shape index (κ1) is 12.0. The Labute approximate surface area is 111 Å². The summed E-state index contributed by atoms with van der Waals surface area (Å²) in [4.78, 5) is 0. The van der Waals surface area contributed by atoms with Crippen molar-refractivity contribution in [3.63, 3.8) is 0 Å². The predicted octanol–water partition coefficient (Wildman–Crippen LogP) is 4.41. The third-order valence-electron chi connectivity index (χ3n) is 5.07. The molecule has 1 heteroatoms. The lowest BCUT2D eigenvalue weighted by atomic mass is 10.2. The predicted molar refractivity (Wildman–Crippen MR) is 81.9 cm³/mol. The summed E-state index contributed by atoms with van der Waals surface area (Å²) in [6, 6.07) is 14.4. The molecule has 1 saturated heterocycles.